The first kappa shape index (κ1) is 14.3. The van der Waals surface area contributed by atoms with Crippen LogP contribution in [0.5, 0.6) is 0 Å². The van der Waals surface area contributed by atoms with Gasteiger partial charge in [0.15, 0.2) is 4.34 Å². The average molecular weight is 320 g/mol. The van der Waals surface area contributed by atoms with Crippen LogP contribution in [-0.2, 0) is 11.2 Å². The molecule has 0 aliphatic carbocycles. The SMILES string of the molecule is C[C@H]1CCc2ccccc2N1C(=O)CSc1nnc(N)s1. The lowest BCUT2D eigenvalue weighted by Crippen LogP contribution is -2.43. The molecule has 2 N–H and O–H groups in total. The van der Waals surface area contributed by atoms with Gasteiger partial charge in [-0.25, -0.2) is 0 Å². The van der Waals surface area contributed by atoms with Gasteiger partial charge >= 0.3 is 0 Å². The lowest BCUT2D eigenvalue weighted by molar-refractivity contribution is -0.116. The monoisotopic (exact) mass is 320 g/mol. The Morgan fingerprint density at radius 1 is 1.48 bits per heavy atom. The number of hydrogen-bond donors (Lipinski definition) is 1. The fourth-order valence-corrected chi connectivity index (χ4v) is 4.04. The van der Waals surface area contributed by atoms with E-state index in [2.05, 4.69) is 23.2 Å². The molecule has 21 heavy (non-hydrogen) atoms. The van der Waals surface area contributed by atoms with E-state index in [9.17, 15) is 4.79 Å². The molecule has 1 aromatic carbocycles. The second-order valence-electron chi connectivity index (χ2n) is 4.98. The first-order chi connectivity index (χ1) is 10.1. The van der Waals surface area contributed by atoms with Gasteiger partial charge in [-0.1, -0.05) is 41.3 Å². The van der Waals surface area contributed by atoms with Gasteiger partial charge in [-0.3, -0.25) is 4.79 Å². The molecule has 0 spiro atoms. The summed E-state index contributed by atoms with van der Waals surface area (Å²) in [5.74, 6) is 0.459. The average Bonchev–Trinajstić information content (AvgIpc) is 2.90. The molecular weight excluding hydrogens is 304 g/mol. The normalized spacial score (nSPS) is 17.6. The van der Waals surface area contributed by atoms with Crippen LogP contribution in [0.15, 0.2) is 28.6 Å². The van der Waals surface area contributed by atoms with Crippen LogP contribution in [0.3, 0.4) is 0 Å². The standard InChI is InChI=1S/C14H16N4OS2/c1-9-6-7-10-4-2-3-5-11(10)18(9)12(19)8-20-14-17-16-13(15)21-14/h2-5,9H,6-8H2,1H3,(H2,15,16)/t9-/m0/s1. The van der Waals surface area contributed by atoms with E-state index in [1.807, 2.05) is 23.1 Å². The molecule has 0 bridgehead atoms. The quantitative estimate of drug-likeness (QED) is 0.880. The summed E-state index contributed by atoms with van der Waals surface area (Å²) in [6, 6.07) is 8.36. The number of nitrogen functional groups attached to an aromatic ring is 1. The molecule has 0 radical (unpaired) electrons. The number of benzene rings is 1. The molecule has 1 aliphatic rings. The maximum absolute atomic E-state index is 12.6. The lowest BCUT2D eigenvalue weighted by atomic mass is 9.97. The van der Waals surface area contributed by atoms with Gasteiger partial charge in [0, 0.05) is 11.7 Å². The lowest BCUT2D eigenvalue weighted by Gasteiger charge is -2.35. The van der Waals surface area contributed by atoms with Crippen molar-refractivity contribution in [2.75, 3.05) is 16.4 Å². The Bertz CT molecular complexity index is 658. The summed E-state index contributed by atoms with van der Waals surface area (Å²) in [5.41, 5.74) is 7.83. The zero-order valence-electron chi connectivity index (χ0n) is 11.7. The summed E-state index contributed by atoms with van der Waals surface area (Å²) in [6.45, 7) is 2.10. The summed E-state index contributed by atoms with van der Waals surface area (Å²) < 4.78 is 0.735. The molecule has 3 rings (SSSR count). The van der Waals surface area contributed by atoms with Gasteiger partial charge < -0.3 is 10.6 Å². The summed E-state index contributed by atoms with van der Waals surface area (Å²) in [7, 11) is 0. The molecule has 0 fully saturated rings. The maximum Gasteiger partial charge on any atom is 0.237 e. The highest BCUT2D eigenvalue weighted by Gasteiger charge is 2.27. The van der Waals surface area contributed by atoms with Gasteiger partial charge in [-0.15, -0.1) is 10.2 Å². The van der Waals surface area contributed by atoms with Crippen molar-refractivity contribution in [1.82, 2.24) is 10.2 Å². The molecule has 1 aromatic heterocycles. The van der Waals surface area contributed by atoms with Gasteiger partial charge in [-0.2, -0.15) is 0 Å². The van der Waals surface area contributed by atoms with Gasteiger partial charge in [0.05, 0.1) is 5.75 Å². The minimum Gasteiger partial charge on any atom is -0.374 e. The van der Waals surface area contributed by atoms with Crippen molar-refractivity contribution in [2.24, 2.45) is 0 Å². The van der Waals surface area contributed by atoms with Crippen LogP contribution < -0.4 is 10.6 Å². The number of thioether (sulfide) groups is 1. The van der Waals surface area contributed by atoms with Crippen molar-refractivity contribution >= 4 is 39.8 Å². The number of hydrogen-bond acceptors (Lipinski definition) is 6. The number of aryl methyl sites for hydroxylation is 1. The third-order valence-electron chi connectivity index (χ3n) is 3.53. The van der Waals surface area contributed by atoms with Crippen LogP contribution in [0.4, 0.5) is 10.8 Å². The highest BCUT2D eigenvalue weighted by atomic mass is 32.2. The van der Waals surface area contributed by atoms with Crippen LogP contribution in [-0.4, -0.2) is 27.9 Å². The molecule has 5 nitrogen and oxygen atoms in total. The number of carbonyl (C=O) groups excluding carboxylic acids is 1. The first-order valence-electron chi connectivity index (χ1n) is 6.77. The van der Waals surface area contributed by atoms with Crippen LogP contribution in [0.1, 0.15) is 18.9 Å². The number of aromatic nitrogens is 2. The van der Waals surface area contributed by atoms with Crippen molar-refractivity contribution in [3.05, 3.63) is 29.8 Å². The van der Waals surface area contributed by atoms with E-state index in [1.165, 1.54) is 28.7 Å². The van der Waals surface area contributed by atoms with E-state index in [4.69, 9.17) is 5.73 Å². The molecule has 110 valence electrons. The third-order valence-corrected chi connectivity index (χ3v) is 5.40. The fourth-order valence-electron chi connectivity index (χ4n) is 2.54. The van der Waals surface area contributed by atoms with Crippen LogP contribution in [0, 0.1) is 0 Å². The van der Waals surface area contributed by atoms with Crippen molar-refractivity contribution in [3.63, 3.8) is 0 Å². The van der Waals surface area contributed by atoms with E-state index >= 15 is 0 Å². The number of carbonyl (C=O) groups is 1. The van der Waals surface area contributed by atoms with Gasteiger partial charge in [0.2, 0.25) is 11.0 Å². The summed E-state index contributed by atoms with van der Waals surface area (Å²) >= 11 is 2.70. The Hall–Kier alpha value is -1.60. The number of fused-ring (bicyclic) bond motifs is 1. The van der Waals surface area contributed by atoms with E-state index in [0.717, 1.165) is 22.9 Å². The number of anilines is 2. The number of amides is 1. The van der Waals surface area contributed by atoms with Gasteiger partial charge in [0.1, 0.15) is 0 Å². The van der Waals surface area contributed by atoms with Gasteiger partial charge in [-0.05, 0) is 31.4 Å². The smallest absolute Gasteiger partial charge is 0.237 e. The Kier molecular flexibility index (Phi) is 4.12. The van der Waals surface area contributed by atoms with E-state index in [-0.39, 0.29) is 11.9 Å². The summed E-state index contributed by atoms with van der Waals surface area (Å²) in [5, 5.41) is 8.12. The Labute approximate surface area is 131 Å². The number of rotatable bonds is 3. The first-order valence-corrected chi connectivity index (χ1v) is 8.57. The molecule has 0 saturated heterocycles. The second kappa shape index (κ2) is 6.03. The highest BCUT2D eigenvalue weighted by Crippen LogP contribution is 2.32. The summed E-state index contributed by atoms with van der Waals surface area (Å²) in [4.78, 5) is 14.5. The van der Waals surface area contributed by atoms with Crippen molar-refractivity contribution < 1.29 is 4.79 Å². The Morgan fingerprint density at radius 2 is 2.29 bits per heavy atom. The second-order valence-corrected chi connectivity index (χ2v) is 7.21. The molecular formula is C14H16N4OS2. The van der Waals surface area contributed by atoms with Crippen molar-refractivity contribution in [2.45, 2.75) is 30.1 Å². The van der Waals surface area contributed by atoms with Gasteiger partial charge in [0.25, 0.3) is 0 Å². The topological polar surface area (TPSA) is 72.1 Å². The van der Waals surface area contributed by atoms with Crippen LogP contribution in [0.2, 0.25) is 0 Å². The molecule has 0 saturated carbocycles. The number of nitrogens with two attached hydrogens (primary N) is 1. The fraction of sp³-hybridized carbons (Fsp3) is 0.357. The minimum absolute atomic E-state index is 0.105. The summed E-state index contributed by atoms with van der Waals surface area (Å²) in [6.07, 6.45) is 2.03. The molecule has 2 heterocycles. The molecule has 0 unspecified atom stereocenters. The largest absolute Gasteiger partial charge is 0.374 e. The maximum atomic E-state index is 12.6. The minimum atomic E-state index is 0.105. The number of para-hydroxylation sites is 1. The predicted octanol–water partition coefficient (Wildman–Crippen LogP) is 2.58. The van der Waals surface area contributed by atoms with Crippen LogP contribution >= 0.6 is 23.1 Å². The molecule has 7 heteroatoms. The highest BCUT2D eigenvalue weighted by molar-refractivity contribution is 8.01. The zero-order valence-corrected chi connectivity index (χ0v) is 13.3. The molecule has 2 aromatic rings. The van der Waals surface area contributed by atoms with Crippen LogP contribution in [0.25, 0.3) is 0 Å². The van der Waals surface area contributed by atoms with E-state index in [1.54, 1.807) is 0 Å². The Balaban J connectivity index is 1.74. The van der Waals surface area contributed by atoms with Crippen molar-refractivity contribution in [1.29, 1.82) is 0 Å². The Morgan fingerprint density at radius 3 is 3.05 bits per heavy atom. The molecule has 1 aliphatic heterocycles. The predicted molar refractivity (Wildman–Crippen MR) is 86.8 cm³/mol. The van der Waals surface area contributed by atoms with E-state index in [0.29, 0.717) is 10.9 Å². The third kappa shape index (κ3) is 3.03. The molecule has 1 amide bonds. The number of nitrogens with zero attached hydrogens (tertiary/aromatic N) is 3. The van der Waals surface area contributed by atoms with E-state index < -0.39 is 0 Å². The van der Waals surface area contributed by atoms with Crippen molar-refractivity contribution in [3.8, 4) is 0 Å². The molecule has 1 atom stereocenters. The zero-order chi connectivity index (χ0) is 14.8.